The van der Waals surface area contributed by atoms with Gasteiger partial charge in [0.2, 0.25) is 0 Å². The number of fused-ring (bicyclic) bond motifs is 1. The summed E-state index contributed by atoms with van der Waals surface area (Å²) in [6.45, 7) is 0.589. The van der Waals surface area contributed by atoms with Crippen LogP contribution in [0.15, 0.2) is 52.1 Å². The second kappa shape index (κ2) is 8.51. The number of rotatable bonds is 6. The van der Waals surface area contributed by atoms with Crippen molar-refractivity contribution in [2.24, 2.45) is 0 Å². The summed E-state index contributed by atoms with van der Waals surface area (Å²) in [7, 11) is 0. The van der Waals surface area contributed by atoms with Gasteiger partial charge in [-0.3, -0.25) is 24.3 Å². The van der Waals surface area contributed by atoms with Crippen molar-refractivity contribution in [3.05, 3.63) is 80.1 Å². The molecule has 0 saturated carbocycles. The Labute approximate surface area is 163 Å². The fraction of sp³-hybridized carbons (Fsp3) is 0.200. The number of nitrogens with zero attached hydrogens (tertiary/aromatic N) is 1. The quantitative estimate of drug-likeness (QED) is 0.601. The molecule has 0 aliphatic heterocycles. The molecule has 0 unspecified atom stereocenters. The zero-order valence-corrected chi connectivity index (χ0v) is 15.5. The summed E-state index contributed by atoms with van der Waals surface area (Å²) in [5.41, 5.74) is -0.0110. The van der Waals surface area contributed by atoms with Crippen molar-refractivity contribution < 1.29 is 18.7 Å². The number of amides is 1. The number of esters is 1. The molecule has 2 N–H and O–H groups in total. The van der Waals surface area contributed by atoms with Crippen LogP contribution in [-0.4, -0.2) is 28.3 Å². The third kappa shape index (κ3) is 4.75. The highest BCUT2D eigenvalue weighted by molar-refractivity contribution is 5.81. The SMILES string of the molecule is Cc1ccc(CNC(=O)COC(=O)Cn2[nH]c(=O)c3ccccc3c2=O)cc1F. The van der Waals surface area contributed by atoms with Gasteiger partial charge in [0.15, 0.2) is 6.61 Å². The standard InChI is InChI=1S/C20H18FN3O5/c1-12-6-7-13(8-16(12)21)9-22-17(25)11-29-18(26)10-24-20(28)15-5-3-2-4-14(15)19(27)23-24/h2-8H,9-11H2,1H3,(H,22,25)(H,23,27). The maximum atomic E-state index is 13.5. The first-order valence-electron chi connectivity index (χ1n) is 8.74. The summed E-state index contributed by atoms with van der Waals surface area (Å²) in [6, 6.07) is 10.8. The monoisotopic (exact) mass is 399 g/mol. The van der Waals surface area contributed by atoms with Crippen LogP contribution in [0.25, 0.3) is 10.8 Å². The lowest BCUT2D eigenvalue weighted by molar-refractivity contribution is -0.149. The van der Waals surface area contributed by atoms with E-state index in [1.807, 2.05) is 0 Å². The van der Waals surface area contributed by atoms with Gasteiger partial charge >= 0.3 is 5.97 Å². The summed E-state index contributed by atoms with van der Waals surface area (Å²) >= 11 is 0. The number of aromatic nitrogens is 2. The number of halogens is 1. The van der Waals surface area contributed by atoms with Crippen LogP contribution in [0.3, 0.4) is 0 Å². The molecule has 29 heavy (non-hydrogen) atoms. The predicted octanol–water partition coefficient (Wildman–Crippen LogP) is 0.997. The number of carbonyl (C=O) groups is 2. The number of hydrogen-bond acceptors (Lipinski definition) is 5. The van der Waals surface area contributed by atoms with E-state index in [0.717, 1.165) is 4.68 Å². The number of nitrogens with one attached hydrogen (secondary N) is 2. The molecule has 0 atom stereocenters. The van der Waals surface area contributed by atoms with Gasteiger partial charge in [-0.05, 0) is 36.2 Å². The van der Waals surface area contributed by atoms with E-state index in [1.165, 1.54) is 18.2 Å². The van der Waals surface area contributed by atoms with Crippen molar-refractivity contribution in [3.63, 3.8) is 0 Å². The van der Waals surface area contributed by atoms with Crippen molar-refractivity contribution in [2.75, 3.05) is 6.61 Å². The Hall–Kier alpha value is -3.75. The molecule has 0 aliphatic carbocycles. The second-order valence-electron chi connectivity index (χ2n) is 6.40. The van der Waals surface area contributed by atoms with Crippen molar-refractivity contribution in [1.29, 1.82) is 0 Å². The third-order valence-electron chi connectivity index (χ3n) is 4.26. The Morgan fingerprint density at radius 1 is 1.14 bits per heavy atom. The van der Waals surface area contributed by atoms with Gasteiger partial charge in [-0.2, -0.15) is 0 Å². The van der Waals surface area contributed by atoms with Gasteiger partial charge in [0.25, 0.3) is 17.0 Å². The minimum atomic E-state index is -0.866. The minimum Gasteiger partial charge on any atom is -0.454 e. The predicted molar refractivity (Wildman–Crippen MR) is 103 cm³/mol. The molecule has 0 radical (unpaired) electrons. The molecular weight excluding hydrogens is 381 g/mol. The van der Waals surface area contributed by atoms with Gasteiger partial charge in [0.1, 0.15) is 12.4 Å². The van der Waals surface area contributed by atoms with Crippen LogP contribution in [0.1, 0.15) is 11.1 Å². The smallest absolute Gasteiger partial charge is 0.328 e. The fourth-order valence-corrected chi connectivity index (χ4v) is 2.68. The topological polar surface area (TPSA) is 110 Å². The Balaban J connectivity index is 1.56. The molecule has 8 nitrogen and oxygen atoms in total. The lowest BCUT2D eigenvalue weighted by Gasteiger charge is -2.09. The largest absolute Gasteiger partial charge is 0.454 e. The normalized spacial score (nSPS) is 10.7. The van der Waals surface area contributed by atoms with Crippen LogP contribution in [0.5, 0.6) is 0 Å². The number of aryl methyl sites for hydroxylation is 1. The van der Waals surface area contributed by atoms with E-state index in [9.17, 15) is 23.6 Å². The van der Waals surface area contributed by atoms with E-state index in [0.29, 0.717) is 11.1 Å². The van der Waals surface area contributed by atoms with Crippen LogP contribution in [-0.2, 0) is 27.4 Å². The van der Waals surface area contributed by atoms with Gasteiger partial charge in [0.05, 0.1) is 10.8 Å². The molecular formula is C20H18FN3O5. The molecule has 3 aromatic rings. The van der Waals surface area contributed by atoms with Gasteiger partial charge in [-0.25, -0.2) is 9.07 Å². The Morgan fingerprint density at radius 3 is 2.59 bits per heavy atom. The first-order valence-corrected chi connectivity index (χ1v) is 8.74. The van der Waals surface area contributed by atoms with E-state index in [4.69, 9.17) is 4.74 Å². The highest BCUT2D eigenvalue weighted by Crippen LogP contribution is 2.08. The van der Waals surface area contributed by atoms with E-state index >= 15 is 0 Å². The van der Waals surface area contributed by atoms with Crippen LogP contribution < -0.4 is 16.4 Å². The zero-order valence-electron chi connectivity index (χ0n) is 15.5. The van der Waals surface area contributed by atoms with Crippen LogP contribution in [0, 0.1) is 12.7 Å². The second-order valence-corrected chi connectivity index (χ2v) is 6.40. The molecule has 1 heterocycles. The number of carbonyl (C=O) groups excluding carboxylic acids is 2. The summed E-state index contributed by atoms with van der Waals surface area (Å²) in [5, 5.41) is 5.20. The first kappa shape index (κ1) is 20.0. The molecule has 1 amide bonds. The highest BCUT2D eigenvalue weighted by Gasteiger charge is 2.12. The highest BCUT2D eigenvalue weighted by atomic mass is 19.1. The molecule has 0 spiro atoms. The molecule has 0 fully saturated rings. The Morgan fingerprint density at radius 2 is 1.86 bits per heavy atom. The molecule has 150 valence electrons. The zero-order chi connectivity index (χ0) is 21.0. The summed E-state index contributed by atoms with van der Waals surface area (Å²) in [4.78, 5) is 48.1. The minimum absolute atomic E-state index is 0.0744. The molecule has 2 aromatic carbocycles. The van der Waals surface area contributed by atoms with Crippen LogP contribution in [0.4, 0.5) is 4.39 Å². The van der Waals surface area contributed by atoms with Crippen LogP contribution >= 0.6 is 0 Å². The lowest BCUT2D eigenvalue weighted by Crippen LogP contribution is -2.34. The third-order valence-corrected chi connectivity index (χ3v) is 4.26. The summed E-state index contributed by atoms with van der Waals surface area (Å²) in [6.07, 6.45) is 0. The van der Waals surface area contributed by atoms with Crippen molar-refractivity contribution in [1.82, 2.24) is 15.1 Å². The van der Waals surface area contributed by atoms with Crippen molar-refractivity contribution in [3.8, 4) is 0 Å². The van der Waals surface area contributed by atoms with Gasteiger partial charge in [-0.1, -0.05) is 24.3 Å². The van der Waals surface area contributed by atoms with Crippen LogP contribution in [0.2, 0.25) is 0 Å². The van der Waals surface area contributed by atoms with Gasteiger partial charge < -0.3 is 10.1 Å². The average Bonchev–Trinajstić information content (AvgIpc) is 2.71. The number of aromatic amines is 1. The Bertz CT molecular complexity index is 1200. The maximum absolute atomic E-state index is 13.5. The van der Waals surface area contributed by atoms with E-state index in [2.05, 4.69) is 10.4 Å². The maximum Gasteiger partial charge on any atom is 0.328 e. The lowest BCUT2D eigenvalue weighted by atomic mass is 10.1. The van der Waals surface area contributed by atoms with Crippen molar-refractivity contribution in [2.45, 2.75) is 20.0 Å². The summed E-state index contributed by atoms with van der Waals surface area (Å²) < 4.78 is 19.2. The first-order chi connectivity index (χ1) is 13.8. The molecule has 0 aliphatic rings. The molecule has 9 heteroatoms. The fourth-order valence-electron chi connectivity index (χ4n) is 2.68. The average molecular weight is 399 g/mol. The van der Waals surface area contributed by atoms with Crippen molar-refractivity contribution >= 4 is 22.6 Å². The van der Waals surface area contributed by atoms with E-state index in [-0.39, 0.29) is 23.1 Å². The number of ether oxygens (including phenoxy) is 1. The number of benzene rings is 2. The van der Waals surface area contributed by atoms with Gasteiger partial charge in [0, 0.05) is 6.54 Å². The summed E-state index contributed by atoms with van der Waals surface area (Å²) in [5.74, 6) is -1.83. The van der Waals surface area contributed by atoms with E-state index < -0.39 is 36.1 Å². The number of H-pyrrole nitrogens is 1. The Kier molecular flexibility index (Phi) is 5.87. The van der Waals surface area contributed by atoms with E-state index in [1.54, 1.807) is 31.2 Å². The molecule has 3 rings (SSSR count). The molecule has 0 saturated heterocycles. The molecule has 1 aromatic heterocycles. The number of hydrogen-bond donors (Lipinski definition) is 2. The van der Waals surface area contributed by atoms with Gasteiger partial charge in [-0.15, -0.1) is 0 Å². The molecule has 0 bridgehead atoms.